The third-order valence-electron chi connectivity index (χ3n) is 3.81. The molecule has 7 heteroatoms. The van der Waals surface area contributed by atoms with Crippen LogP contribution < -0.4 is 10.6 Å². The Balaban J connectivity index is 1.71. The maximum absolute atomic E-state index is 12.3. The van der Waals surface area contributed by atoms with Crippen LogP contribution in [0.4, 0.5) is 10.6 Å². The quantitative estimate of drug-likeness (QED) is 0.809. The van der Waals surface area contributed by atoms with Crippen molar-refractivity contribution in [2.45, 2.75) is 26.9 Å². The topological polar surface area (TPSA) is 90.1 Å². The number of benzene rings is 1. The van der Waals surface area contributed by atoms with Gasteiger partial charge in [0.1, 0.15) is 5.82 Å². The predicted molar refractivity (Wildman–Crippen MR) is 86.0 cm³/mol. The summed E-state index contributed by atoms with van der Waals surface area (Å²) < 4.78 is 0. The lowest BCUT2D eigenvalue weighted by atomic mass is 10.1. The van der Waals surface area contributed by atoms with Gasteiger partial charge in [0.15, 0.2) is 0 Å². The zero-order chi connectivity index (χ0) is 16.4. The summed E-state index contributed by atoms with van der Waals surface area (Å²) in [6, 6.07) is 7.22. The number of fused-ring (bicyclic) bond motifs is 1. The van der Waals surface area contributed by atoms with E-state index < -0.39 is 0 Å². The molecular weight excluding hydrogens is 294 g/mol. The van der Waals surface area contributed by atoms with Crippen molar-refractivity contribution < 1.29 is 9.59 Å². The molecule has 1 aromatic carbocycles. The van der Waals surface area contributed by atoms with Gasteiger partial charge in [0.05, 0.1) is 18.8 Å². The molecule has 0 fully saturated rings. The highest BCUT2D eigenvalue weighted by Gasteiger charge is 2.28. The molecule has 0 saturated carbocycles. The molecule has 3 rings (SSSR count). The number of anilines is 1. The Hall–Kier alpha value is -2.83. The molecule has 1 aromatic heterocycles. The number of hydrogen-bond acceptors (Lipinski definition) is 3. The summed E-state index contributed by atoms with van der Waals surface area (Å²) in [4.78, 5) is 25.8. The first kappa shape index (κ1) is 15.1. The van der Waals surface area contributed by atoms with Crippen molar-refractivity contribution in [1.29, 1.82) is 0 Å². The van der Waals surface area contributed by atoms with Crippen LogP contribution in [0, 0.1) is 6.92 Å². The first-order valence-corrected chi connectivity index (χ1v) is 7.55. The van der Waals surface area contributed by atoms with Crippen LogP contribution in [0.25, 0.3) is 0 Å². The molecule has 0 radical (unpaired) electrons. The number of nitrogens with zero attached hydrogens (tertiary/aromatic N) is 2. The standard InChI is InChI=1S/C16H19N5O2/c1-3-17-16(23)21-8-12-13(9-21)19-20-14(12)18-15(22)11-6-4-10(2)5-7-11/h4-7H,3,8-9H2,1-2H3,(H,17,23)(H2,18,19,20,22). The fraction of sp³-hybridized carbons (Fsp3) is 0.312. The van der Waals surface area contributed by atoms with Crippen molar-refractivity contribution in [2.75, 3.05) is 11.9 Å². The van der Waals surface area contributed by atoms with Crippen molar-refractivity contribution >= 4 is 17.8 Å². The fourth-order valence-electron chi connectivity index (χ4n) is 2.53. The van der Waals surface area contributed by atoms with Crippen LogP contribution in [0.2, 0.25) is 0 Å². The molecule has 0 bridgehead atoms. The lowest BCUT2D eigenvalue weighted by Gasteiger charge is -2.15. The first-order valence-electron chi connectivity index (χ1n) is 7.55. The van der Waals surface area contributed by atoms with Crippen LogP contribution in [0.15, 0.2) is 24.3 Å². The number of carbonyl (C=O) groups excluding carboxylic acids is 2. The van der Waals surface area contributed by atoms with E-state index in [1.54, 1.807) is 17.0 Å². The number of rotatable bonds is 3. The summed E-state index contributed by atoms with van der Waals surface area (Å²) in [5.74, 6) is 0.352. The second-order valence-corrected chi connectivity index (χ2v) is 5.54. The molecular formula is C16H19N5O2. The Morgan fingerprint density at radius 3 is 2.70 bits per heavy atom. The molecule has 2 heterocycles. The van der Waals surface area contributed by atoms with E-state index in [0.29, 0.717) is 31.0 Å². The highest BCUT2D eigenvalue weighted by atomic mass is 16.2. The third-order valence-corrected chi connectivity index (χ3v) is 3.81. The van der Waals surface area contributed by atoms with Gasteiger partial charge in [0, 0.05) is 17.7 Å². The molecule has 1 aliphatic heterocycles. The monoisotopic (exact) mass is 313 g/mol. The lowest BCUT2D eigenvalue weighted by molar-refractivity contribution is 0.102. The van der Waals surface area contributed by atoms with Gasteiger partial charge in [-0.1, -0.05) is 17.7 Å². The molecule has 0 spiro atoms. The minimum atomic E-state index is -0.201. The SMILES string of the molecule is CCNC(=O)N1Cc2n[nH]c(NC(=O)c3ccc(C)cc3)c2C1. The minimum absolute atomic E-state index is 0.124. The number of nitrogens with one attached hydrogen (secondary N) is 3. The zero-order valence-corrected chi connectivity index (χ0v) is 13.1. The van der Waals surface area contributed by atoms with E-state index in [9.17, 15) is 9.59 Å². The Morgan fingerprint density at radius 1 is 1.26 bits per heavy atom. The molecule has 0 unspecified atom stereocenters. The van der Waals surface area contributed by atoms with Crippen LogP contribution in [0.5, 0.6) is 0 Å². The third kappa shape index (κ3) is 3.03. The Bertz CT molecular complexity index is 735. The summed E-state index contributed by atoms with van der Waals surface area (Å²) in [6.45, 7) is 5.30. The fourth-order valence-corrected chi connectivity index (χ4v) is 2.53. The maximum atomic E-state index is 12.3. The Labute approximate surface area is 134 Å². The molecule has 3 amide bonds. The van der Waals surface area contributed by atoms with Crippen LogP contribution in [0.3, 0.4) is 0 Å². The van der Waals surface area contributed by atoms with E-state index in [1.807, 2.05) is 26.0 Å². The van der Waals surface area contributed by atoms with E-state index in [1.165, 1.54) is 0 Å². The lowest BCUT2D eigenvalue weighted by Crippen LogP contribution is -2.36. The molecule has 0 aliphatic carbocycles. The molecule has 3 N–H and O–H groups in total. The predicted octanol–water partition coefficient (Wildman–Crippen LogP) is 2.02. The number of H-pyrrole nitrogens is 1. The van der Waals surface area contributed by atoms with Crippen molar-refractivity contribution in [3.8, 4) is 0 Å². The first-order chi connectivity index (χ1) is 11.1. The molecule has 2 aromatic rings. The molecule has 0 saturated heterocycles. The number of urea groups is 1. The molecule has 120 valence electrons. The maximum Gasteiger partial charge on any atom is 0.318 e. The Morgan fingerprint density at radius 2 is 2.00 bits per heavy atom. The minimum Gasteiger partial charge on any atom is -0.338 e. The highest BCUT2D eigenvalue weighted by molar-refractivity contribution is 6.04. The van der Waals surface area contributed by atoms with Gasteiger partial charge >= 0.3 is 6.03 Å². The number of hydrogen-bond donors (Lipinski definition) is 3. The Kier molecular flexibility index (Phi) is 4.01. The summed E-state index contributed by atoms with van der Waals surface area (Å²) in [6.07, 6.45) is 0. The van der Waals surface area contributed by atoms with Crippen molar-refractivity contribution in [3.05, 3.63) is 46.6 Å². The van der Waals surface area contributed by atoms with Gasteiger partial charge in [0.2, 0.25) is 0 Å². The van der Waals surface area contributed by atoms with Gasteiger partial charge in [-0.3, -0.25) is 9.89 Å². The number of carbonyl (C=O) groups is 2. The van der Waals surface area contributed by atoms with E-state index in [0.717, 1.165) is 16.8 Å². The van der Waals surface area contributed by atoms with E-state index in [2.05, 4.69) is 20.8 Å². The van der Waals surface area contributed by atoms with Gasteiger partial charge in [-0.15, -0.1) is 0 Å². The van der Waals surface area contributed by atoms with Crippen LogP contribution in [-0.2, 0) is 13.1 Å². The average Bonchev–Trinajstić information content (AvgIpc) is 3.10. The average molecular weight is 313 g/mol. The molecule has 7 nitrogen and oxygen atoms in total. The summed E-state index contributed by atoms with van der Waals surface area (Å²) in [5, 5.41) is 12.6. The van der Waals surface area contributed by atoms with Crippen LogP contribution in [0.1, 0.15) is 34.1 Å². The van der Waals surface area contributed by atoms with Gasteiger partial charge < -0.3 is 15.5 Å². The summed E-state index contributed by atoms with van der Waals surface area (Å²) in [5.41, 5.74) is 3.33. The van der Waals surface area contributed by atoms with Crippen molar-refractivity contribution in [1.82, 2.24) is 20.4 Å². The van der Waals surface area contributed by atoms with Crippen molar-refractivity contribution in [3.63, 3.8) is 0 Å². The number of aromatic amines is 1. The molecule has 23 heavy (non-hydrogen) atoms. The second kappa shape index (κ2) is 6.12. The van der Waals surface area contributed by atoms with Crippen LogP contribution >= 0.6 is 0 Å². The van der Waals surface area contributed by atoms with Gasteiger partial charge in [-0.2, -0.15) is 5.10 Å². The number of aryl methyl sites for hydroxylation is 1. The van der Waals surface area contributed by atoms with E-state index in [4.69, 9.17) is 0 Å². The van der Waals surface area contributed by atoms with Gasteiger partial charge in [-0.25, -0.2) is 4.79 Å². The van der Waals surface area contributed by atoms with Gasteiger partial charge in [-0.05, 0) is 26.0 Å². The molecule has 0 atom stereocenters. The second-order valence-electron chi connectivity index (χ2n) is 5.54. The van der Waals surface area contributed by atoms with E-state index in [-0.39, 0.29) is 11.9 Å². The normalized spacial score (nSPS) is 12.9. The summed E-state index contributed by atoms with van der Waals surface area (Å²) >= 11 is 0. The zero-order valence-electron chi connectivity index (χ0n) is 13.1. The number of aromatic nitrogens is 2. The smallest absolute Gasteiger partial charge is 0.318 e. The highest BCUT2D eigenvalue weighted by Crippen LogP contribution is 2.27. The van der Waals surface area contributed by atoms with Gasteiger partial charge in [0.25, 0.3) is 5.91 Å². The number of amides is 3. The largest absolute Gasteiger partial charge is 0.338 e. The van der Waals surface area contributed by atoms with Crippen molar-refractivity contribution in [2.24, 2.45) is 0 Å². The summed E-state index contributed by atoms with van der Waals surface area (Å²) in [7, 11) is 0. The van der Waals surface area contributed by atoms with Crippen LogP contribution in [-0.4, -0.2) is 33.6 Å². The van der Waals surface area contributed by atoms with E-state index >= 15 is 0 Å². The molecule has 1 aliphatic rings.